The lowest BCUT2D eigenvalue weighted by molar-refractivity contribution is 0.148. The minimum atomic E-state index is 0.870. The highest BCUT2D eigenvalue weighted by atomic mass is 16.5. The van der Waals surface area contributed by atoms with Crippen LogP contribution in [0.1, 0.15) is 18.1 Å². The molecule has 1 aromatic carbocycles. The standard InChI is InChI=1S/C16H27N3O/c1-4-17-12-15-6-5-14(11-16(15)20-3)13-19-9-7-18(2)8-10-19/h5-6,11,17H,4,7-10,12-13H2,1-3H3. The molecule has 1 fully saturated rings. The highest BCUT2D eigenvalue weighted by Gasteiger charge is 2.14. The second kappa shape index (κ2) is 7.62. The molecule has 4 nitrogen and oxygen atoms in total. The summed E-state index contributed by atoms with van der Waals surface area (Å²) >= 11 is 0. The van der Waals surface area contributed by atoms with Crippen LogP contribution in [0.4, 0.5) is 0 Å². The van der Waals surface area contributed by atoms with Gasteiger partial charge in [-0.15, -0.1) is 0 Å². The number of likely N-dealkylation sites (N-methyl/N-ethyl adjacent to an activating group) is 1. The van der Waals surface area contributed by atoms with Gasteiger partial charge < -0.3 is 15.0 Å². The van der Waals surface area contributed by atoms with E-state index in [4.69, 9.17) is 4.74 Å². The average molecular weight is 277 g/mol. The van der Waals surface area contributed by atoms with Gasteiger partial charge in [0, 0.05) is 44.8 Å². The Balaban J connectivity index is 1.98. The smallest absolute Gasteiger partial charge is 0.123 e. The molecular formula is C16H27N3O. The quantitative estimate of drug-likeness (QED) is 0.854. The third-order valence-electron chi connectivity index (χ3n) is 3.92. The van der Waals surface area contributed by atoms with E-state index < -0.39 is 0 Å². The fourth-order valence-corrected chi connectivity index (χ4v) is 2.56. The van der Waals surface area contributed by atoms with E-state index in [1.54, 1.807) is 7.11 Å². The first-order chi connectivity index (χ1) is 9.72. The van der Waals surface area contributed by atoms with Gasteiger partial charge in [-0.1, -0.05) is 19.1 Å². The van der Waals surface area contributed by atoms with Gasteiger partial charge in [-0.05, 0) is 25.2 Å². The largest absolute Gasteiger partial charge is 0.496 e. The van der Waals surface area contributed by atoms with Gasteiger partial charge in [0.15, 0.2) is 0 Å². The molecule has 0 radical (unpaired) electrons. The van der Waals surface area contributed by atoms with Crippen molar-refractivity contribution in [3.8, 4) is 5.75 Å². The van der Waals surface area contributed by atoms with Crippen molar-refractivity contribution in [1.29, 1.82) is 0 Å². The van der Waals surface area contributed by atoms with Crippen molar-refractivity contribution in [1.82, 2.24) is 15.1 Å². The molecule has 1 aromatic rings. The van der Waals surface area contributed by atoms with Crippen molar-refractivity contribution in [3.05, 3.63) is 29.3 Å². The molecule has 0 unspecified atom stereocenters. The van der Waals surface area contributed by atoms with Crippen molar-refractivity contribution < 1.29 is 4.74 Å². The molecular weight excluding hydrogens is 250 g/mol. The number of ether oxygens (including phenoxy) is 1. The Morgan fingerprint density at radius 3 is 2.60 bits per heavy atom. The Kier molecular flexibility index (Phi) is 5.83. The summed E-state index contributed by atoms with van der Waals surface area (Å²) in [6.07, 6.45) is 0. The molecule has 0 aliphatic carbocycles. The lowest BCUT2D eigenvalue weighted by atomic mass is 10.1. The van der Waals surface area contributed by atoms with Crippen molar-refractivity contribution >= 4 is 0 Å². The zero-order chi connectivity index (χ0) is 14.4. The maximum atomic E-state index is 5.52. The van der Waals surface area contributed by atoms with Crippen molar-refractivity contribution in [2.75, 3.05) is 46.9 Å². The first-order valence-corrected chi connectivity index (χ1v) is 7.50. The molecule has 2 rings (SSSR count). The number of hydrogen-bond donors (Lipinski definition) is 1. The molecule has 1 N–H and O–H groups in total. The van der Waals surface area contributed by atoms with Gasteiger partial charge in [0.2, 0.25) is 0 Å². The van der Waals surface area contributed by atoms with E-state index in [0.29, 0.717) is 0 Å². The Morgan fingerprint density at radius 1 is 1.20 bits per heavy atom. The molecule has 0 aromatic heterocycles. The molecule has 0 atom stereocenters. The van der Waals surface area contributed by atoms with E-state index >= 15 is 0 Å². The Morgan fingerprint density at radius 2 is 1.95 bits per heavy atom. The van der Waals surface area contributed by atoms with E-state index in [1.807, 2.05) is 0 Å². The topological polar surface area (TPSA) is 27.7 Å². The fourth-order valence-electron chi connectivity index (χ4n) is 2.56. The number of rotatable bonds is 6. The molecule has 0 amide bonds. The van der Waals surface area contributed by atoms with Crippen molar-refractivity contribution in [2.45, 2.75) is 20.0 Å². The lowest BCUT2D eigenvalue weighted by Gasteiger charge is -2.32. The summed E-state index contributed by atoms with van der Waals surface area (Å²) in [6, 6.07) is 6.60. The first-order valence-electron chi connectivity index (χ1n) is 7.50. The highest BCUT2D eigenvalue weighted by molar-refractivity contribution is 5.37. The van der Waals surface area contributed by atoms with Gasteiger partial charge in [0.1, 0.15) is 5.75 Å². The zero-order valence-electron chi connectivity index (χ0n) is 13.0. The van der Waals surface area contributed by atoms with E-state index in [9.17, 15) is 0 Å². The summed E-state index contributed by atoms with van der Waals surface area (Å²) in [5, 5.41) is 3.35. The average Bonchev–Trinajstić information content (AvgIpc) is 2.48. The van der Waals surface area contributed by atoms with Gasteiger partial charge in [0.25, 0.3) is 0 Å². The van der Waals surface area contributed by atoms with Crippen LogP contribution in [-0.2, 0) is 13.1 Å². The number of nitrogens with one attached hydrogen (secondary N) is 1. The third kappa shape index (κ3) is 4.20. The van der Waals surface area contributed by atoms with Gasteiger partial charge in [0.05, 0.1) is 7.11 Å². The molecule has 4 heteroatoms. The predicted molar refractivity (Wildman–Crippen MR) is 83.1 cm³/mol. The van der Waals surface area contributed by atoms with Crippen LogP contribution in [0.2, 0.25) is 0 Å². The normalized spacial score (nSPS) is 17.4. The van der Waals surface area contributed by atoms with Crippen LogP contribution in [0.25, 0.3) is 0 Å². The summed E-state index contributed by atoms with van der Waals surface area (Å²) in [6.45, 7) is 9.61. The minimum Gasteiger partial charge on any atom is -0.496 e. The van der Waals surface area contributed by atoms with E-state index in [-0.39, 0.29) is 0 Å². The van der Waals surface area contributed by atoms with Crippen LogP contribution in [0.15, 0.2) is 18.2 Å². The second-order valence-corrected chi connectivity index (χ2v) is 5.51. The lowest BCUT2D eigenvalue weighted by Crippen LogP contribution is -2.43. The van der Waals surface area contributed by atoms with Gasteiger partial charge in [-0.3, -0.25) is 4.90 Å². The molecule has 1 aliphatic rings. The number of benzene rings is 1. The molecule has 0 saturated carbocycles. The van der Waals surface area contributed by atoms with Crippen LogP contribution in [0, 0.1) is 0 Å². The van der Waals surface area contributed by atoms with Gasteiger partial charge in [-0.25, -0.2) is 0 Å². The number of piperazine rings is 1. The predicted octanol–water partition coefficient (Wildman–Crippen LogP) is 1.55. The Labute approximate surface area is 122 Å². The maximum Gasteiger partial charge on any atom is 0.123 e. The zero-order valence-corrected chi connectivity index (χ0v) is 13.0. The van der Waals surface area contributed by atoms with E-state index in [2.05, 4.69) is 47.3 Å². The first kappa shape index (κ1) is 15.3. The van der Waals surface area contributed by atoms with Gasteiger partial charge in [-0.2, -0.15) is 0 Å². The van der Waals surface area contributed by atoms with Crippen LogP contribution < -0.4 is 10.1 Å². The Bertz CT molecular complexity index is 414. The molecule has 112 valence electrons. The van der Waals surface area contributed by atoms with Crippen molar-refractivity contribution in [3.63, 3.8) is 0 Å². The number of methoxy groups -OCH3 is 1. The summed E-state index contributed by atoms with van der Waals surface area (Å²) in [5.41, 5.74) is 2.57. The van der Waals surface area contributed by atoms with E-state index in [0.717, 1.165) is 51.6 Å². The maximum absolute atomic E-state index is 5.52. The van der Waals surface area contributed by atoms with E-state index in [1.165, 1.54) is 11.1 Å². The summed E-state index contributed by atoms with van der Waals surface area (Å²) in [7, 11) is 3.94. The molecule has 1 heterocycles. The summed E-state index contributed by atoms with van der Waals surface area (Å²) in [4.78, 5) is 4.90. The number of nitrogens with zero attached hydrogens (tertiary/aromatic N) is 2. The number of hydrogen-bond acceptors (Lipinski definition) is 4. The van der Waals surface area contributed by atoms with Crippen LogP contribution >= 0.6 is 0 Å². The second-order valence-electron chi connectivity index (χ2n) is 5.51. The van der Waals surface area contributed by atoms with Crippen LogP contribution in [0.3, 0.4) is 0 Å². The molecule has 0 bridgehead atoms. The SMILES string of the molecule is CCNCc1ccc(CN2CCN(C)CC2)cc1OC. The molecule has 20 heavy (non-hydrogen) atoms. The summed E-state index contributed by atoms with van der Waals surface area (Å²) < 4.78 is 5.52. The fraction of sp³-hybridized carbons (Fsp3) is 0.625. The minimum absolute atomic E-state index is 0.870. The summed E-state index contributed by atoms with van der Waals surface area (Å²) in [5.74, 6) is 0.998. The molecule has 1 aliphatic heterocycles. The third-order valence-corrected chi connectivity index (χ3v) is 3.92. The van der Waals surface area contributed by atoms with Crippen LogP contribution in [-0.4, -0.2) is 56.7 Å². The van der Waals surface area contributed by atoms with Crippen LogP contribution in [0.5, 0.6) is 5.75 Å². The molecule has 1 saturated heterocycles. The Hall–Kier alpha value is -1.10. The van der Waals surface area contributed by atoms with Crippen molar-refractivity contribution in [2.24, 2.45) is 0 Å². The van der Waals surface area contributed by atoms with Gasteiger partial charge >= 0.3 is 0 Å². The monoisotopic (exact) mass is 277 g/mol. The highest BCUT2D eigenvalue weighted by Crippen LogP contribution is 2.21. The molecule has 0 spiro atoms.